The molecule has 1 fully saturated rings. The monoisotopic (exact) mass is 184 g/mol. The Labute approximate surface area is 75.5 Å². The molecule has 2 rings (SSSR count). The Hall–Kier alpha value is -0.550. The maximum atomic E-state index is 5.44. The first-order valence-electron chi connectivity index (χ1n) is 4.08. The molecule has 0 radical (unpaired) electrons. The Bertz CT molecular complexity index is 254. The Morgan fingerprint density at radius 1 is 1.75 bits per heavy atom. The van der Waals surface area contributed by atoms with E-state index >= 15 is 0 Å². The van der Waals surface area contributed by atoms with Gasteiger partial charge in [-0.2, -0.15) is 11.8 Å². The predicted octanol–water partition coefficient (Wildman–Crippen LogP) is 0.415. The highest BCUT2D eigenvalue weighted by Gasteiger charge is 2.18. The molecule has 5 heteroatoms. The number of aromatic nitrogens is 3. The zero-order chi connectivity index (χ0) is 8.39. The lowest BCUT2D eigenvalue weighted by Crippen LogP contribution is -2.08. The molecule has 12 heavy (non-hydrogen) atoms. The third-order valence-corrected chi connectivity index (χ3v) is 3.19. The lowest BCUT2D eigenvalue weighted by molar-refractivity contribution is 0.486. The van der Waals surface area contributed by atoms with Crippen LogP contribution in [0.2, 0.25) is 0 Å². The van der Waals surface area contributed by atoms with E-state index in [-0.39, 0.29) is 0 Å². The minimum absolute atomic E-state index is 0.486. The second-order valence-electron chi connectivity index (χ2n) is 2.91. The SMILES string of the molecule is NCc1cn([C@@H]2CCSC2)nn1. The van der Waals surface area contributed by atoms with E-state index in [9.17, 15) is 0 Å². The third kappa shape index (κ3) is 1.47. The number of nitrogens with two attached hydrogens (primary N) is 1. The van der Waals surface area contributed by atoms with Crippen molar-refractivity contribution in [2.24, 2.45) is 5.73 Å². The summed E-state index contributed by atoms with van der Waals surface area (Å²) in [5.74, 6) is 2.40. The molecular formula is C7H12N4S. The number of nitrogens with zero attached hydrogens (tertiary/aromatic N) is 3. The Morgan fingerprint density at radius 2 is 2.67 bits per heavy atom. The van der Waals surface area contributed by atoms with Crippen molar-refractivity contribution in [3.8, 4) is 0 Å². The minimum atomic E-state index is 0.486. The fourth-order valence-electron chi connectivity index (χ4n) is 1.32. The van der Waals surface area contributed by atoms with Crippen LogP contribution in [0.3, 0.4) is 0 Å². The van der Waals surface area contributed by atoms with Crippen LogP contribution >= 0.6 is 11.8 Å². The van der Waals surface area contributed by atoms with Crippen LogP contribution in [0.15, 0.2) is 6.20 Å². The second-order valence-corrected chi connectivity index (χ2v) is 4.06. The average molecular weight is 184 g/mol. The van der Waals surface area contributed by atoms with E-state index in [1.165, 1.54) is 12.2 Å². The Balaban J connectivity index is 2.11. The molecule has 1 aliphatic rings. The minimum Gasteiger partial charge on any atom is -0.325 e. The van der Waals surface area contributed by atoms with Gasteiger partial charge in [-0.05, 0) is 12.2 Å². The molecule has 1 aromatic heterocycles. The van der Waals surface area contributed by atoms with Gasteiger partial charge in [0.05, 0.1) is 17.9 Å². The zero-order valence-corrected chi connectivity index (χ0v) is 7.63. The van der Waals surface area contributed by atoms with Crippen molar-refractivity contribution in [1.29, 1.82) is 0 Å². The molecule has 4 nitrogen and oxygen atoms in total. The molecule has 0 aromatic carbocycles. The van der Waals surface area contributed by atoms with Gasteiger partial charge in [0, 0.05) is 12.3 Å². The van der Waals surface area contributed by atoms with Crippen LogP contribution in [0, 0.1) is 0 Å². The highest BCUT2D eigenvalue weighted by atomic mass is 32.2. The molecule has 0 unspecified atom stereocenters. The number of thioether (sulfide) groups is 1. The van der Waals surface area contributed by atoms with E-state index in [2.05, 4.69) is 10.3 Å². The van der Waals surface area contributed by atoms with Gasteiger partial charge in [0.1, 0.15) is 0 Å². The van der Waals surface area contributed by atoms with Gasteiger partial charge in [-0.1, -0.05) is 5.21 Å². The van der Waals surface area contributed by atoms with Crippen LogP contribution in [0.4, 0.5) is 0 Å². The molecule has 0 aliphatic carbocycles. The first kappa shape index (κ1) is 8.07. The summed E-state index contributed by atoms with van der Waals surface area (Å²) in [7, 11) is 0. The predicted molar refractivity (Wildman–Crippen MR) is 48.9 cm³/mol. The molecule has 0 amide bonds. The molecule has 1 saturated heterocycles. The van der Waals surface area contributed by atoms with Crippen LogP contribution in [0.5, 0.6) is 0 Å². The van der Waals surface area contributed by atoms with Crippen molar-refractivity contribution in [3.05, 3.63) is 11.9 Å². The van der Waals surface area contributed by atoms with Gasteiger partial charge < -0.3 is 5.73 Å². The van der Waals surface area contributed by atoms with Crippen molar-refractivity contribution < 1.29 is 0 Å². The van der Waals surface area contributed by atoms with E-state index < -0.39 is 0 Å². The first-order chi connectivity index (χ1) is 5.90. The Morgan fingerprint density at radius 3 is 3.25 bits per heavy atom. The maximum Gasteiger partial charge on any atom is 0.0962 e. The van der Waals surface area contributed by atoms with Crippen LogP contribution in [0.25, 0.3) is 0 Å². The molecule has 1 atom stereocenters. The van der Waals surface area contributed by atoms with Crippen molar-refractivity contribution >= 4 is 11.8 Å². The summed E-state index contributed by atoms with van der Waals surface area (Å²) < 4.78 is 1.95. The van der Waals surface area contributed by atoms with Crippen LogP contribution in [0.1, 0.15) is 18.2 Å². The quantitative estimate of drug-likeness (QED) is 0.723. The summed E-state index contributed by atoms with van der Waals surface area (Å²) in [5.41, 5.74) is 6.32. The zero-order valence-electron chi connectivity index (χ0n) is 6.81. The highest BCUT2D eigenvalue weighted by Crippen LogP contribution is 2.26. The third-order valence-electron chi connectivity index (χ3n) is 2.05. The van der Waals surface area contributed by atoms with Crippen molar-refractivity contribution in [2.75, 3.05) is 11.5 Å². The lowest BCUT2D eigenvalue weighted by Gasteiger charge is -2.05. The molecular weight excluding hydrogens is 172 g/mol. The molecule has 1 aliphatic heterocycles. The van der Waals surface area contributed by atoms with Gasteiger partial charge >= 0.3 is 0 Å². The van der Waals surface area contributed by atoms with Crippen LogP contribution in [-0.4, -0.2) is 26.5 Å². The maximum absolute atomic E-state index is 5.44. The summed E-state index contributed by atoms with van der Waals surface area (Å²) in [4.78, 5) is 0. The second kappa shape index (κ2) is 3.45. The summed E-state index contributed by atoms with van der Waals surface area (Å²) in [6.45, 7) is 0.486. The molecule has 2 heterocycles. The van der Waals surface area contributed by atoms with Gasteiger partial charge in [-0.15, -0.1) is 5.10 Å². The van der Waals surface area contributed by atoms with E-state index in [1.807, 2.05) is 22.6 Å². The van der Waals surface area contributed by atoms with Gasteiger partial charge in [-0.25, -0.2) is 4.68 Å². The molecule has 2 N–H and O–H groups in total. The molecule has 0 bridgehead atoms. The van der Waals surface area contributed by atoms with E-state index in [0.717, 1.165) is 11.4 Å². The Kier molecular flexibility index (Phi) is 2.32. The number of hydrogen-bond donors (Lipinski definition) is 1. The van der Waals surface area contributed by atoms with E-state index in [4.69, 9.17) is 5.73 Å². The molecule has 1 aromatic rings. The first-order valence-corrected chi connectivity index (χ1v) is 5.24. The summed E-state index contributed by atoms with van der Waals surface area (Å²) in [6.07, 6.45) is 3.16. The van der Waals surface area contributed by atoms with Crippen LogP contribution < -0.4 is 5.73 Å². The van der Waals surface area contributed by atoms with Gasteiger partial charge in [-0.3, -0.25) is 0 Å². The topological polar surface area (TPSA) is 56.7 Å². The fourth-order valence-corrected chi connectivity index (χ4v) is 2.51. The van der Waals surface area contributed by atoms with Gasteiger partial charge in [0.15, 0.2) is 0 Å². The largest absolute Gasteiger partial charge is 0.325 e. The fraction of sp³-hybridized carbons (Fsp3) is 0.714. The molecule has 0 saturated carbocycles. The van der Waals surface area contributed by atoms with Crippen molar-refractivity contribution in [1.82, 2.24) is 15.0 Å². The van der Waals surface area contributed by atoms with Gasteiger partial charge in [0.25, 0.3) is 0 Å². The number of rotatable bonds is 2. The molecule has 66 valence electrons. The molecule has 0 spiro atoms. The standard InChI is InChI=1S/C7H12N4S/c8-3-6-4-11(10-9-6)7-1-2-12-5-7/h4,7H,1-3,5,8H2/t7-/m1/s1. The normalized spacial score (nSPS) is 23.2. The van der Waals surface area contributed by atoms with E-state index in [0.29, 0.717) is 12.6 Å². The van der Waals surface area contributed by atoms with Gasteiger partial charge in [0.2, 0.25) is 0 Å². The summed E-state index contributed by atoms with van der Waals surface area (Å²) >= 11 is 1.97. The summed E-state index contributed by atoms with van der Waals surface area (Å²) in [5, 5.41) is 8.00. The van der Waals surface area contributed by atoms with E-state index in [1.54, 1.807) is 0 Å². The summed E-state index contributed by atoms with van der Waals surface area (Å²) in [6, 6.07) is 0.544. The van der Waals surface area contributed by atoms with Crippen molar-refractivity contribution in [2.45, 2.75) is 19.0 Å². The van der Waals surface area contributed by atoms with Crippen molar-refractivity contribution in [3.63, 3.8) is 0 Å². The van der Waals surface area contributed by atoms with Crippen LogP contribution in [-0.2, 0) is 6.54 Å². The number of hydrogen-bond acceptors (Lipinski definition) is 4. The highest BCUT2D eigenvalue weighted by molar-refractivity contribution is 7.99. The average Bonchev–Trinajstić information content (AvgIpc) is 2.75. The smallest absolute Gasteiger partial charge is 0.0962 e. The lowest BCUT2D eigenvalue weighted by atomic mass is 10.3.